The van der Waals surface area contributed by atoms with Crippen molar-refractivity contribution in [2.24, 2.45) is 20.5 Å². The number of aliphatic hydroxyl groups is 1. The fraction of sp³-hybridized carbons (Fsp3) is 0.286. The molecule has 0 saturated heterocycles. The third kappa shape index (κ3) is 8.89. The van der Waals surface area contributed by atoms with E-state index in [-0.39, 0.29) is 18.5 Å². The Kier molecular flexibility index (Phi) is 13.2. The summed E-state index contributed by atoms with van der Waals surface area (Å²) in [5.41, 5.74) is 4.37. The lowest BCUT2D eigenvalue weighted by Gasteiger charge is -2.22. The highest BCUT2D eigenvalue weighted by atomic mass is 35.5. The molecular formula is C35H35Cl2N13OS5. The van der Waals surface area contributed by atoms with Gasteiger partial charge in [-0.2, -0.15) is 23.7 Å². The first-order chi connectivity index (χ1) is 27.3. The first-order valence-corrected chi connectivity index (χ1v) is 22.6. The van der Waals surface area contributed by atoms with Crippen LogP contribution < -0.4 is 20.4 Å². The molecule has 0 radical (unpaired) electrons. The minimum Gasteiger partial charge on any atom is -0.396 e. The van der Waals surface area contributed by atoms with Crippen molar-refractivity contribution in [2.45, 2.75) is 32.9 Å². The van der Waals surface area contributed by atoms with Gasteiger partial charge in [-0.1, -0.05) is 35.0 Å². The molecule has 3 N–H and O–H groups in total. The van der Waals surface area contributed by atoms with Crippen molar-refractivity contribution in [3.8, 4) is 0 Å². The number of aromatic nitrogens is 5. The normalized spacial score (nSPS) is 11.8. The summed E-state index contributed by atoms with van der Waals surface area (Å²) in [5.74, 6) is 0.915. The van der Waals surface area contributed by atoms with Gasteiger partial charge in [-0.3, -0.25) is 0 Å². The fourth-order valence-corrected chi connectivity index (χ4v) is 10.4. The predicted octanol–water partition coefficient (Wildman–Crippen LogP) is 12.6. The second kappa shape index (κ2) is 18.5. The van der Waals surface area contributed by atoms with Gasteiger partial charge in [-0.25, -0.2) is 0 Å². The number of rotatable bonds is 17. The van der Waals surface area contributed by atoms with E-state index >= 15 is 0 Å². The van der Waals surface area contributed by atoms with Crippen LogP contribution in [0.25, 0.3) is 20.4 Å². The monoisotopic (exact) mass is 883 g/mol. The maximum absolute atomic E-state index is 9.68. The molecule has 2 aromatic carbocycles. The van der Waals surface area contributed by atoms with Crippen LogP contribution in [0.3, 0.4) is 0 Å². The SMILES string of the molecule is CCN(CC)c1ccc(/N=N/c2snc3scc(Cl)c23)c(Nc2nc(Nc3cc(N(CC)CC)ccc3/N=N/c3snc4scc(Cl)c34)nc(SCCO)n2)c1. The lowest BCUT2D eigenvalue weighted by atomic mass is 10.2. The van der Waals surface area contributed by atoms with Gasteiger partial charge < -0.3 is 25.5 Å². The Hall–Kier alpha value is -4.08. The number of halogens is 2. The largest absolute Gasteiger partial charge is 0.396 e. The van der Waals surface area contributed by atoms with E-state index in [1.54, 1.807) is 0 Å². The summed E-state index contributed by atoms with van der Waals surface area (Å²) in [6.07, 6.45) is 0. The third-order valence-corrected chi connectivity index (χ3v) is 13.6. The fourth-order valence-electron chi connectivity index (χ4n) is 5.68. The lowest BCUT2D eigenvalue weighted by molar-refractivity contribution is 0.322. The average Bonchev–Trinajstić information content (AvgIpc) is 3.99. The smallest absolute Gasteiger partial charge is 0.233 e. The van der Waals surface area contributed by atoms with Crippen molar-refractivity contribution in [2.75, 3.05) is 59.0 Å². The molecule has 0 saturated carbocycles. The van der Waals surface area contributed by atoms with Gasteiger partial charge in [0.15, 0.2) is 15.2 Å². The van der Waals surface area contributed by atoms with E-state index in [0.717, 1.165) is 58.0 Å². The minimum absolute atomic E-state index is 0.0489. The molecule has 5 heterocycles. The van der Waals surface area contributed by atoms with E-state index in [1.165, 1.54) is 57.5 Å². The Morgan fingerprint density at radius 1 is 0.679 bits per heavy atom. The summed E-state index contributed by atoms with van der Waals surface area (Å²) in [7, 11) is 0. The van der Waals surface area contributed by atoms with Crippen LogP contribution in [0, 0.1) is 0 Å². The molecule has 0 spiro atoms. The zero-order valence-corrected chi connectivity index (χ0v) is 36.1. The molecule has 5 aromatic heterocycles. The van der Waals surface area contributed by atoms with Crippen LogP contribution in [-0.4, -0.2) is 67.3 Å². The number of hydrogen-bond acceptors (Lipinski definition) is 19. The van der Waals surface area contributed by atoms with Crippen molar-refractivity contribution >= 4 is 157 Å². The van der Waals surface area contributed by atoms with Crippen molar-refractivity contribution in [3.05, 3.63) is 57.2 Å². The molecule has 0 amide bonds. The summed E-state index contributed by atoms with van der Waals surface area (Å²) in [5, 5.41) is 43.0. The Balaban J connectivity index is 1.27. The number of nitrogens with zero attached hydrogens (tertiary/aromatic N) is 11. The molecule has 0 aliphatic rings. The lowest BCUT2D eigenvalue weighted by Crippen LogP contribution is -2.21. The first-order valence-electron chi connectivity index (χ1n) is 17.5. The number of thioether (sulfide) groups is 1. The standard InChI is InChI=1S/C35H35Cl2N13OS5/c1-5-49(6-2)19-9-11-23(43-45-29-27-21(36)17-53-31(27)47-55-29)25(15-19)38-33-40-34(42-35(41-33)52-14-13-51)39-26-16-20(50(7-3)8-4)10-12-24(26)44-46-30-28-22(37)18-54-32(28)48-56-30/h9-12,15-18,51H,5-8,13-14H2,1-4H3,(H2,38,39,40,41,42)/b45-43+,46-44+. The molecule has 0 unspecified atom stereocenters. The highest BCUT2D eigenvalue weighted by Crippen LogP contribution is 2.43. The minimum atomic E-state index is -0.0489. The summed E-state index contributed by atoms with van der Waals surface area (Å²) in [6.45, 7) is 11.6. The molecule has 21 heteroatoms. The molecule has 56 heavy (non-hydrogen) atoms. The summed E-state index contributed by atoms with van der Waals surface area (Å²) >= 11 is 19.6. The van der Waals surface area contributed by atoms with Crippen molar-refractivity contribution in [1.82, 2.24) is 23.7 Å². The van der Waals surface area contributed by atoms with Gasteiger partial charge in [0.2, 0.25) is 11.9 Å². The zero-order chi connectivity index (χ0) is 39.2. The van der Waals surface area contributed by atoms with Crippen LogP contribution in [0.4, 0.5) is 56.0 Å². The maximum atomic E-state index is 9.68. The molecule has 0 bridgehead atoms. The number of azo groups is 2. The van der Waals surface area contributed by atoms with Gasteiger partial charge in [0.25, 0.3) is 0 Å². The second-order valence-electron chi connectivity index (χ2n) is 11.7. The molecule has 0 aliphatic heterocycles. The predicted molar refractivity (Wildman–Crippen MR) is 238 cm³/mol. The Bertz CT molecular complexity index is 2340. The third-order valence-electron chi connectivity index (χ3n) is 8.46. The van der Waals surface area contributed by atoms with Crippen LogP contribution in [0.2, 0.25) is 10.0 Å². The molecule has 7 rings (SSSR count). The highest BCUT2D eigenvalue weighted by Gasteiger charge is 2.17. The van der Waals surface area contributed by atoms with Gasteiger partial charge in [-0.05, 0) is 87.2 Å². The number of fused-ring (bicyclic) bond motifs is 2. The van der Waals surface area contributed by atoms with Gasteiger partial charge in [-0.15, -0.1) is 43.1 Å². The van der Waals surface area contributed by atoms with Gasteiger partial charge in [0.1, 0.15) is 21.0 Å². The number of benzene rings is 2. The number of hydrogen-bond donors (Lipinski definition) is 3. The Labute approximate surface area is 353 Å². The number of aliphatic hydroxyl groups excluding tert-OH is 1. The molecular weight excluding hydrogens is 850 g/mol. The quantitative estimate of drug-likeness (QED) is 0.0589. The Morgan fingerprint density at radius 3 is 1.57 bits per heavy atom. The van der Waals surface area contributed by atoms with E-state index < -0.39 is 0 Å². The van der Waals surface area contributed by atoms with E-state index in [9.17, 15) is 5.11 Å². The highest BCUT2D eigenvalue weighted by molar-refractivity contribution is 7.99. The van der Waals surface area contributed by atoms with Gasteiger partial charge in [0, 0.05) is 54.1 Å². The van der Waals surface area contributed by atoms with E-state index in [0.29, 0.717) is 53.7 Å². The number of nitrogens with one attached hydrogen (secondary N) is 2. The topological polar surface area (TPSA) is 165 Å². The zero-order valence-electron chi connectivity index (χ0n) is 30.5. The summed E-state index contributed by atoms with van der Waals surface area (Å²) in [4.78, 5) is 20.4. The molecule has 0 atom stereocenters. The van der Waals surface area contributed by atoms with Crippen LogP contribution in [-0.2, 0) is 0 Å². The van der Waals surface area contributed by atoms with Crippen LogP contribution in [0.15, 0.2) is 72.8 Å². The molecule has 0 fully saturated rings. The van der Waals surface area contributed by atoms with E-state index in [1.807, 2.05) is 47.2 Å². The van der Waals surface area contributed by atoms with Crippen LogP contribution in [0.5, 0.6) is 0 Å². The second-order valence-corrected chi connectivity index (χ2v) is 16.8. The van der Waals surface area contributed by atoms with Crippen molar-refractivity contribution in [3.63, 3.8) is 0 Å². The van der Waals surface area contributed by atoms with Crippen LogP contribution in [0.1, 0.15) is 27.7 Å². The first kappa shape index (κ1) is 40.1. The Morgan fingerprint density at radius 2 is 1.14 bits per heavy atom. The van der Waals surface area contributed by atoms with Crippen LogP contribution >= 0.6 is 80.7 Å². The maximum Gasteiger partial charge on any atom is 0.233 e. The van der Waals surface area contributed by atoms with E-state index in [4.69, 9.17) is 38.2 Å². The summed E-state index contributed by atoms with van der Waals surface area (Å²) < 4.78 is 8.94. The molecule has 0 aliphatic carbocycles. The number of thiophene rings is 2. The number of anilines is 6. The van der Waals surface area contributed by atoms with Crippen molar-refractivity contribution in [1.29, 1.82) is 0 Å². The van der Waals surface area contributed by atoms with E-state index in [2.05, 4.69) is 77.3 Å². The molecule has 7 aromatic rings. The molecule has 290 valence electrons. The van der Waals surface area contributed by atoms with Gasteiger partial charge in [0.05, 0.1) is 38.8 Å². The van der Waals surface area contributed by atoms with Crippen molar-refractivity contribution < 1.29 is 5.11 Å². The average molecular weight is 885 g/mol. The summed E-state index contributed by atoms with van der Waals surface area (Å²) in [6, 6.07) is 11.8. The molecule has 14 nitrogen and oxygen atoms in total. The van der Waals surface area contributed by atoms with Gasteiger partial charge >= 0.3 is 0 Å².